The maximum atomic E-state index is 11.9. The van der Waals surface area contributed by atoms with Crippen LogP contribution >= 0.6 is 0 Å². The fourth-order valence-electron chi connectivity index (χ4n) is 1.57. The molecule has 0 aromatic carbocycles. The van der Waals surface area contributed by atoms with Crippen LogP contribution in [0.1, 0.15) is 34.7 Å². The van der Waals surface area contributed by atoms with Gasteiger partial charge in [0.05, 0.1) is 5.56 Å². The predicted octanol–water partition coefficient (Wildman–Crippen LogP) is -1.57. The highest BCUT2D eigenvalue weighted by atomic mass is 16.3. The van der Waals surface area contributed by atoms with Crippen LogP contribution in [0.5, 0.6) is 0 Å². The molecule has 0 fully saturated rings. The Morgan fingerprint density at radius 3 is 1.92 bits per heavy atom. The third-order valence-corrected chi connectivity index (χ3v) is 3.47. The normalized spacial score (nSPS) is 15.9. The van der Waals surface area contributed by atoms with Gasteiger partial charge in [0.25, 0.3) is 11.8 Å². The summed E-state index contributed by atoms with van der Waals surface area (Å²) in [6.07, 6.45) is -1.27. The first-order valence-corrected chi connectivity index (χ1v) is 7.45. The van der Waals surface area contributed by atoms with Crippen molar-refractivity contribution in [2.45, 2.75) is 26.3 Å². The standard InChI is InChI=1S/C15H23N3O6/c1-8(6-19)12(21)17-14(23)10-3-4-11(16-5-10)15(24)18-13(22)9(2)7-20/h3-5,8-9,12-13,19-22H,6-7H2,1-2H3,(H,17,23)(H,18,24). The number of hydrogen-bond acceptors (Lipinski definition) is 7. The first-order valence-electron chi connectivity index (χ1n) is 7.45. The average Bonchev–Trinajstić information content (AvgIpc) is 2.59. The second-order valence-corrected chi connectivity index (χ2v) is 5.59. The summed E-state index contributed by atoms with van der Waals surface area (Å²) in [7, 11) is 0. The fraction of sp³-hybridized carbons (Fsp3) is 0.533. The van der Waals surface area contributed by atoms with Gasteiger partial charge in [0.1, 0.15) is 18.1 Å². The zero-order valence-electron chi connectivity index (χ0n) is 13.5. The number of nitrogens with one attached hydrogen (secondary N) is 2. The van der Waals surface area contributed by atoms with Gasteiger partial charge in [-0.2, -0.15) is 0 Å². The van der Waals surface area contributed by atoms with Crippen LogP contribution in [0, 0.1) is 11.8 Å². The monoisotopic (exact) mass is 341 g/mol. The minimum atomic E-state index is -1.22. The molecule has 1 rings (SSSR count). The van der Waals surface area contributed by atoms with Crippen LogP contribution in [0.3, 0.4) is 0 Å². The summed E-state index contributed by atoms with van der Waals surface area (Å²) >= 11 is 0. The van der Waals surface area contributed by atoms with Crippen molar-refractivity contribution < 1.29 is 30.0 Å². The zero-order chi connectivity index (χ0) is 18.3. The summed E-state index contributed by atoms with van der Waals surface area (Å²) in [6.45, 7) is 2.55. The van der Waals surface area contributed by atoms with Crippen molar-refractivity contribution in [2.75, 3.05) is 13.2 Å². The van der Waals surface area contributed by atoms with Crippen molar-refractivity contribution in [1.29, 1.82) is 0 Å². The Morgan fingerprint density at radius 1 is 1.00 bits per heavy atom. The number of carbonyl (C=O) groups is 2. The first kappa shape index (κ1) is 20.0. The van der Waals surface area contributed by atoms with Crippen LogP contribution in [0.15, 0.2) is 18.3 Å². The summed E-state index contributed by atoms with van der Waals surface area (Å²) in [5.74, 6) is -2.31. The zero-order valence-corrected chi connectivity index (χ0v) is 13.5. The van der Waals surface area contributed by atoms with Crippen molar-refractivity contribution in [1.82, 2.24) is 15.6 Å². The molecule has 6 N–H and O–H groups in total. The van der Waals surface area contributed by atoms with Gasteiger partial charge >= 0.3 is 0 Å². The molecule has 4 atom stereocenters. The van der Waals surface area contributed by atoms with E-state index in [9.17, 15) is 19.8 Å². The third kappa shape index (κ3) is 5.53. The SMILES string of the molecule is CC(CO)C(O)NC(=O)c1ccc(C(=O)NC(O)C(C)CO)nc1. The van der Waals surface area contributed by atoms with Gasteiger partial charge in [0.15, 0.2) is 0 Å². The maximum Gasteiger partial charge on any atom is 0.271 e. The van der Waals surface area contributed by atoms with Crippen LogP contribution < -0.4 is 10.6 Å². The van der Waals surface area contributed by atoms with E-state index in [0.29, 0.717) is 0 Å². The van der Waals surface area contributed by atoms with Crippen LogP contribution in [0.4, 0.5) is 0 Å². The summed E-state index contributed by atoms with van der Waals surface area (Å²) in [5, 5.41) is 41.7. The molecule has 0 aliphatic carbocycles. The number of pyridine rings is 1. The van der Waals surface area contributed by atoms with E-state index in [2.05, 4.69) is 15.6 Å². The topological polar surface area (TPSA) is 152 Å². The highest BCUT2D eigenvalue weighted by molar-refractivity contribution is 5.96. The van der Waals surface area contributed by atoms with Crippen molar-refractivity contribution in [2.24, 2.45) is 11.8 Å². The van der Waals surface area contributed by atoms with E-state index in [1.165, 1.54) is 12.1 Å². The summed E-state index contributed by atoms with van der Waals surface area (Å²) in [5.41, 5.74) is 0.111. The second-order valence-electron chi connectivity index (χ2n) is 5.59. The van der Waals surface area contributed by atoms with Gasteiger partial charge in [0.2, 0.25) is 0 Å². The minimum Gasteiger partial charge on any atom is -0.396 e. The molecular weight excluding hydrogens is 318 g/mol. The molecule has 0 bridgehead atoms. The van der Waals surface area contributed by atoms with E-state index in [1.807, 2.05) is 0 Å². The number of aliphatic hydroxyl groups excluding tert-OH is 4. The second kappa shape index (κ2) is 9.28. The van der Waals surface area contributed by atoms with Crippen LogP contribution in [0.25, 0.3) is 0 Å². The van der Waals surface area contributed by atoms with Crippen molar-refractivity contribution in [3.63, 3.8) is 0 Å². The summed E-state index contributed by atoms with van der Waals surface area (Å²) in [4.78, 5) is 27.6. The molecule has 1 aromatic rings. The number of amides is 2. The molecule has 9 heteroatoms. The van der Waals surface area contributed by atoms with Crippen molar-refractivity contribution in [3.8, 4) is 0 Å². The Bertz CT molecular complexity index is 502. The lowest BCUT2D eigenvalue weighted by Crippen LogP contribution is -2.41. The number of aliphatic hydroxyl groups is 4. The van der Waals surface area contributed by atoms with Gasteiger partial charge in [-0.1, -0.05) is 13.8 Å². The third-order valence-electron chi connectivity index (χ3n) is 3.47. The van der Waals surface area contributed by atoms with Gasteiger partial charge in [-0.15, -0.1) is 0 Å². The molecule has 0 radical (unpaired) electrons. The molecule has 134 valence electrons. The van der Waals surface area contributed by atoms with Gasteiger partial charge in [-0.3, -0.25) is 14.6 Å². The Kier molecular flexibility index (Phi) is 7.72. The quantitative estimate of drug-likeness (QED) is 0.313. The van der Waals surface area contributed by atoms with Crippen molar-refractivity contribution >= 4 is 11.8 Å². The predicted molar refractivity (Wildman–Crippen MR) is 83.7 cm³/mol. The Hall–Kier alpha value is -2.07. The molecule has 4 unspecified atom stereocenters. The van der Waals surface area contributed by atoms with Crippen LogP contribution in [-0.4, -0.2) is 62.9 Å². The number of hydrogen-bond donors (Lipinski definition) is 6. The number of aromatic nitrogens is 1. The number of rotatable bonds is 8. The van der Waals surface area contributed by atoms with E-state index in [1.54, 1.807) is 13.8 Å². The Labute approximate surface area is 139 Å². The van der Waals surface area contributed by atoms with E-state index in [4.69, 9.17) is 10.2 Å². The van der Waals surface area contributed by atoms with E-state index in [0.717, 1.165) is 6.20 Å². The van der Waals surface area contributed by atoms with Gasteiger partial charge < -0.3 is 31.1 Å². The molecule has 0 saturated carbocycles. The molecule has 0 saturated heterocycles. The summed E-state index contributed by atoms with van der Waals surface area (Å²) < 4.78 is 0. The largest absolute Gasteiger partial charge is 0.396 e. The number of nitrogens with zero attached hydrogens (tertiary/aromatic N) is 1. The molecule has 1 aromatic heterocycles. The van der Waals surface area contributed by atoms with Crippen LogP contribution in [-0.2, 0) is 0 Å². The lowest BCUT2D eigenvalue weighted by molar-refractivity contribution is 0.0425. The molecule has 0 aliphatic heterocycles. The lowest BCUT2D eigenvalue weighted by Gasteiger charge is -2.18. The number of carbonyl (C=O) groups excluding carboxylic acids is 2. The van der Waals surface area contributed by atoms with Crippen molar-refractivity contribution in [3.05, 3.63) is 29.6 Å². The molecule has 24 heavy (non-hydrogen) atoms. The molecule has 9 nitrogen and oxygen atoms in total. The Balaban J connectivity index is 2.68. The first-order chi connectivity index (χ1) is 11.3. The van der Waals surface area contributed by atoms with Crippen LogP contribution in [0.2, 0.25) is 0 Å². The van der Waals surface area contributed by atoms with Gasteiger partial charge in [-0.25, -0.2) is 0 Å². The molecule has 1 heterocycles. The maximum absolute atomic E-state index is 11.9. The average molecular weight is 341 g/mol. The molecular formula is C15H23N3O6. The van der Waals surface area contributed by atoms with Gasteiger partial charge in [0, 0.05) is 31.2 Å². The molecule has 2 amide bonds. The molecule has 0 spiro atoms. The van der Waals surface area contributed by atoms with E-state index in [-0.39, 0.29) is 24.5 Å². The highest BCUT2D eigenvalue weighted by Gasteiger charge is 2.19. The summed E-state index contributed by atoms with van der Waals surface area (Å²) in [6, 6.07) is 2.64. The van der Waals surface area contributed by atoms with E-state index < -0.39 is 36.1 Å². The lowest BCUT2D eigenvalue weighted by atomic mass is 10.1. The highest BCUT2D eigenvalue weighted by Crippen LogP contribution is 2.05. The fourth-order valence-corrected chi connectivity index (χ4v) is 1.57. The van der Waals surface area contributed by atoms with E-state index >= 15 is 0 Å². The molecule has 0 aliphatic rings. The Morgan fingerprint density at radius 2 is 1.50 bits per heavy atom. The van der Waals surface area contributed by atoms with Gasteiger partial charge in [-0.05, 0) is 12.1 Å². The minimum absolute atomic E-state index is 0.0139. The smallest absolute Gasteiger partial charge is 0.271 e.